The van der Waals surface area contributed by atoms with E-state index in [9.17, 15) is 5.26 Å². The molecule has 4 nitrogen and oxygen atoms in total. The Labute approximate surface area is 158 Å². The van der Waals surface area contributed by atoms with Crippen molar-refractivity contribution < 1.29 is 4.74 Å². The summed E-state index contributed by atoms with van der Waals surface area (Å²) in [6, 6.07) is 17.7. The first-order chi connectivity index (χ1) is 12.2. The number of halogens is 1. The van der Waals surface area contributed by atoms with Crippen LogP contribution >= 0.6 is 27.3 Å². The number of benzene rings is 2. The molecule has 1 aromatic heterocycles. The summed E-state index contributed by atoms with van der Waals surface area (Å²) in [5.41, 5.74) is 3.12. The molecule has 0 aliphatic rings. The fourth-order valence-electron chi connectivity index (χ4n) is 2.23. The van der Waals surface area contributed by atoms with Crippen LogP contribution < -0.4 is 10.1 Å². The van der Waals surface area contributed by atoms with Gasteiger partial charge >= 0.3 is 0 Å². The molecule has 0 atom stereocenters. The number of nitrogens with one attached hydrogen (secondary N) is 1. The highest BCUT2D eigenvalue weighted by atomic mass is 79.9. The molecule has 0 spiro atoms. The molecule has 0 aliphatic carbocycles. The van der Waals surface area contributed by atoms with Crippen LogP contribution in [0, 0.1) is 11.3 Å². The lowest BCUT2D eigenvalue weighted by Crippen LogP contribution is -1.94. The summed E-state index contributed by atoms with van der Waals surface area (Å²) >= 11 is 4.90. The SMILES string of the molecule is COc1ccccc1NC=C(C#N)c1nc(-c2cccc(Br)c2)cs1. The Balaban J connectivity index is 1.85. The van der Waals surface area contributed by atoms with E-state index in [1.165, 1.54) is 11.3 Å². The molecule has 124 valence electrons. The summed E-state index contributed by atoms with van der Waals surface area (Å²) in [5, 5.41) is 15.2. The number of para-hydroxylation sites is 2. The third-order valence-corrected chi connectivity index (χ3v) is 4.82. The van der Waals surface area contributed by atoms with Gasteiger partial charge in [0, 0.05) is 21.6 Å². The number of anilines is 1. The first-order valence-electron chi connectivity index (χ1n) is 7.43. The predicted octanol–water partition coefficient (Wildman–Crippen LogP) is 5.56. The van der Waals surface area contributed by atoms with Gasteiger partial charge in [-0.1, -0.05) is 40.2 Å². The van der Waals surface area contributed by atoms with Gasteiger partial charge in [0.05, 0.1) is 18.5 Å². The van der Waals surface area contributed by atoms with Crippen molar-refractivity contribution in [3.8, 4) is 23.1 Å². The van der Waals surface area contributed by atoms with E-state index in [0.29, 0.717) is 16.3 Å². The van der Waals surface area contributed by atoms with Gasteiger partial charge in [-0.05, 0) is 24.3 Å². The summed E-state index contributed by atoms with van der Waals surface area (Å²) in [7, 11) is 1.61. The highest BCUT2D eigenvalue weighted by molar-refractivity contribution is 9.10. The van der Waals surface area contributed by atoms with E-state index >= 15 is 0 Å². The normalized spacial score (nSPS) is 11.0. The van der Waals surface area contributed by atoms with E-state index in [4.69, 9.17) is 4.74 Å². The zero-order chi connectivity index (χ0) is 17.6. The minimum atomic E-state index is 0.470. The number of ether oxygens (including phenoxy) is 1. The number of thiazole rings is 1. The van der Waals surface area contributed by atoms with Crippen molar-refractivity contribution in [2.24, 2.45) is 0 Å². The quantitative estimate of drug-likeness (QED) is 0.558. The highest BCUT2D eigenvalue weighted by Gasteiger charge is 2.09. The topological polar surface area (TPSA) is 57.9 Å². The number of nitriles is 1. The van der Waals surface area contributed by atoms with Gasteiger partial charge in [0.25, 0.3) is 0 Å². The number of methoxy groups -OCH3 is 1. The zero-order valence-corrected chi connectivity index (χ0v) is 15.8. The number of hydrogen-bond donors (Lipinski definition) is 1. The van der Waals surface area contributed by atoms with E-state index < -0.39 is 0 Å². The molecule has 0 bridgehead atoms. The van der Waals surface area contributed by atoms with Crippen molar-refractivity contribution in [1.82, 2.24) is 4.98 Å². The van der Waals surface area contributed by atoms with Crippen LogP contribution in [0.3, 0.4) is 0 Å². The predicted molar refractivity (Wildman–Crippen MR) is 105 cm³/mol. The van der Waals surface area contributed by atoms with Crippen molar-refractivity contribution in [3.05, 3.63) is 69.6 Å². The second kappa shape index (κ2) is 7.97. The first kappa shape index (κ1) is 17.2. The molecular weight excluding hydrogens is 398 g/mol. The average molecular weight is 412 g/mol. The third kappa shape index (κ3) is 4.08. The highest BCUT2D eigenvalue weighted by Crippen LogP contribution is 2.28. The molecule has 2 aromatic carbocycles. The second-order valence-corrected chi connectivity index (χ2v) is 6.84. The summed E-state index contributed by atoms with van der Waals surface area (Å²) < 4.78 is 6.29. The van der Waals surface area contributed by atoms with E-state index in [-0.39, 0.29) is 0 Å². The minimum Gasteiger partial charge on any atom is -0.495 e. The van der Waals surface area contributed by atoms with E-state index in [0.717, 1.165) is 21.4 Å². The standard InChI is InChI=1S/C19H14BrN3OS/c1-24-18-8-3-2-7-16(18)22-11-14(10-21)19-23-17(12-25-19)13-5-4-6-15(20)9-13/h2-9,11-12,22H,1H3. The maximum atomic E-state index is 9.48. The number of hydrogen-bond acceptors (Lipinski definition) is 5. The molecule has 0 saturated carbocycles. The van der Waals surface area contributed by atoms with Crippen LogP contribution in [0.15, 0.2) is 64.6 Å². The molecule has 0 radical (unpaired) electrons. The van der Waals surface area contributed by atoms with Crippen LogP contribution in [0.1, 0.15) is 5.01 Å². The minimum absolute atomic E-state index is 0.470. The molecule has 0 saturated heterocycles. The molecular formula is C19H14BrN3OS. The van der Waals surface area contributed by atoms with Gasteiger partial charge in [-0.15, -0.1) is 11.3 Å². The number of allylic oxidation sites excluding steroid dienone is 1. The smallest absolute Gasteiger partial charge is 0.142 e. The molecule has 6 heteroatoms. The average Bonchev–Trinajstić information content (AvgIpc) is 3.12. The Morgan fingerprint density at radius 3 is 2.88 bits per heavy atom. The Bertz CT molecular complexity index is 959. The van der Waals surface area contributed by atoms with Gasteiger partial charge in [0.15, 0.2) is 0 Å². The molecule has 1 heterocycles. The third-order valence-electron chi connectivity index (χ3n) is 3.45. The van der Waals surface area contributed by atoms with Crippen molar-refractivity contribution in [2.45, 2.75) is 0 Å². The monoisotopic (exact) mass is 411 g/mol. The molecule has 0 unspecified atom stereocenters. The van der Waals surface area contributed by atoms with E-state index in [1.807, 2.05) is 53.9 Å². The van der Waals surface area contributed by atoms with Gasteiger partial charge in [0.1, 0.15) is 22.4 Å². The van der Waals surface area contributed by atoms with Gasteiger partial charge in [-0.3, -0.25) is 0 Å². The fraction of sp³-hybridized carbons (Fsp3) is 0.0526. The summed E-state index contributed by atoms with van der Waals surface area (Å²) in [5.74, 6) is 0.713. The Hall–Kier alpha value is -2.62. The number of nitrogens with zero attached hydrogens (tertiary/aromatic N) is 2. The van der Waals surface area contributed by atoms with Crippen LogP contribution in [-0.4, -0.2) is 12.1 Å². The van der Waals surface area contributed by atoms with Gasteiger partial charge < -0.3 is 10.1 Å². The van der Waals surface area contributed by atoms with Crippen molar-refractivity contribution in [2.75, 3.05) is 12.4 Å². The first-order valence-corrected chi connectivity index (χ1v) is 9.10. The summed E-state index contributed by atoms with van der Waals surface area (Å²) in [6.45, 7) is 0. The van der Waals surface area contributed by atoms with Crippen molar-refractivity contribution >= 4 is 38.5 Å². The van der Waals surface area contributed by atoms with E-state index in [1.54, 1.807) is 13.3 Å². The largest absolute Gasteiger partial charge is 0.495 e. The lowest BCUT2D eigenvalue weighted by atomic mass is 10.2. The van der Waals surface area contributed by atoms with Crippen molar-refractivity contribution in [1.29, 1.82) is 5.26 Å². The second-order valence-electron chi connectivity index (χ2n) is 5.06. The molecule has 25 heavy (non-hydrogen) atoms. The molecule has 0 aliphatic heterocycles. The molecule has 3 aromatic rings. The van der Waals surface area contributed by atoms with Gasteiger partial charge in [0.2, 0.25) is 0 Å². The maximum Gasteiger partial charge on any atom is 0.142 e. The molecule has 0 fully saturated rings. The van der Waals surface area contributed by atoms with Crippen LogP contribution in [0.4, 0.5) is 5.69 Å². The Morgan fingerprint density at radius 1 is 1.28 bits per heavy atom. The van der Waals surface area contributed by atoms with Gasteiger partial charge in [-0.2, -0.15) is 5.26 Å². The van der Waals surface area contributed by atoms with Gasteiger partial charge in [-0.25, -0.2) is 4.98 Å². The van der Waals surface area contributed by atoms with Crippen LogP contribution in [0.25, 0.3) is 16.8 Å². The summed E-state index contributed by atoms with van der Waals surface area (Å²) in [6.07, 6.45) is 1.65. The van der Waals surface area contributed by atoms with Crippen LogP contribution in [0.2, 0.25) is 0 Å². The number of aromatic nitrogens is 1. The Kier molecular flexibility index (Phi) is 5.49. The number of rotatable bonds is 5. The molecule has 3 rings (SSSR count). The van der Waals surface area contributed by atoms with Crippen LogP contribution in [0.5, 0.6) is 5.75 Å². The Morgan fingerprint density at radius 2 is 2.12 bits per heavy atom. The molecule has 0 amide bonds. The van der Waals surface area contributed by atoms with Crippen LogP contribution in [-0.2, 0) is 0 Å². The lowest BCUT2D eigenvalue weighted by Gasteiger charge is -2.07. The van der Waals surface area contributed by atoms with Crippen molar-refractivity contribution in [3.63, 3.8) is 0 Å². The maximum absolute atomic E-state index is 9.48. The lowest BCUT2D eigenvalue weighted by molar-refractivity contribution is 0.417. The summed E-state index contributed by atoms with van der Waals surface area (Å²) in [4.78, 5) is 4.58. The molecule has 1 N–H and O–H groups in total. The fourth-order valence-corrected chi connectivity index (χ4v) is 3.43. The van der Waals surface area contributed by atoms with E-state index in [2.05, 4.69) is 32.3 Å². The zero-order valence-electron chi connectivity index (χ0n) is 13.4.